The van der Waals surface area contributed by atoms with Gasteiger partial charge in [-0.15, -0.1) is 0 Å². The first-order valence-electron chi connectivity index (χ1n) is 28.9. The van der Waals surface area contributed by atoms with Gasteiger partial charge in [-0.3, -0.25) is 19.2 Å². The van der Waals surface area contributed by atoms with Gasteiger partial charge in [-0.25, -0.2) is 24.9 Å². The summed E-state index contributed by atoms with van der Waals surface area (Å²) < 4.78 is 25.6. The number of pyridine rings is 6. The van der Waals surface area contributed by atoms with Crippen LogP contribution in [0.4, 0.5) is 17.5 Å². The largest absolute Gasteiger partial charge is 0.497 e. The van der Waals surface area contributed by atoms with Gasteiger partial charge in [0.2, 0.25) is 35.0 Å². The quantitative estimate of drug-likeness (QED) is 0.0365. The predicted octanol–water partition coefficient (Wildman–Crippen LogP) is 10.1. The number of methoxy groups -OCH3 is 5. The Labute approximate surface area is 526 Å². The summed E-state index contributed by atoms with van der Waals surface area (Å²) >= 11 is 6.00. The minimum atomic E-state index is -1.47. The number of aryl methyl sites for hydroxylation is 3. The molecule has 3 aliphatic carbocycles. The molecule has 3 fully saturated rings. The highest BCUT2D eigenvalue weighted by molar-refractivity contribution is 6.58. The Morgan fingerprint density at radius 2 is 0.856 bits per heavy atom. The second-order valence-electron chi connectivity index (χ2n) is 21.9. The van der Waals surface area contributed by atoms with E-state index in [1.165, 1.54) is 31.5 Å². The molecule has 3 amide bonds. The van der Waals surface area contributed by atoms with Crippen molar-refractivity contribution in [3.05, 3.63) is 213 Å². The molecule has 0 aliphatic heterocycles. The molecule has 0 atom stereocenters. The zero-order valence-electron chi connectivity index (χ0n) is 51.1. The number of H-pyrrole nitrogens is 1. The van der Waals surface area contributed by atoms with Crippen molar-refractivity contribution in [1.29, 1.82) is 0 Å². The Hall–Kier alpha value is -9.96. The lowest BCUT2D eigenvalue weighted by Gasteiger charge is -2.17. The van der Waals surface area contributed by atoms with Gasteiger partial charge in [-0.2, -0.15) is 0 Å². The van der Waals surface area contributed by atoms with Crippen LogP contribution >= 0.6 is 11.6 Å². The maximum absolute atomic E-state index is 13.1. The molecule has 3 aromatic carbocycles. The van der Waals surface area contributed by atoms with Crippen LogP contribution in [-0.4, -0.2) is 100 Å². The zero-order valence-corrected chi connectivity index (χ0v) is 51.8. The third-order valence-electron chi connectivity index (χ3n) is 16.0. The Balaban J connectivity index is 0.000000149. The van der Waals surface area contributed by atoms with Gasteiger partial charge in [0, 0.05) is 47.9 Å². The van der Waals surface area contributed by atoms with Crippen molar-refractivity contribution < 1.29 is 48.1 Å². The van der Waals surface area contributed by atoms with Crippen LogP contribution in [0.5, 0.6) is 29.0 Å². The Morgan fingerprint density at radius 1 is 0.478 bits per heavy atom. The summed E-state index contributed by atoms with van der Waals surface area (Å²) in [4.78, 5) is 74.3. The summed E-state index contributed by atoms with van der Waals surface area (Å²) in [5.74, 6) is 4.59. The summed E-state index contributed by atoms with van der Waals surface area (Å²) in [6.45, 7) is 5.79. The second kappa shape index (κ2) is 28.5. The Bertz CT molecular complexity index is 4070. The Kier molecular flexibility index (Phi) is 20.4. The zero-order chi connectivity index (χ0) is 64.2. The highest BCUT2D eigenvalue weighted by Crippen LogP contribution is 2.51. The molecule has 90 heavy (non-hydrogen) atoms. The van der Waals surface area contributed by atoms with Gasteiger partial charge in [0.1, 0.15) is 39.9 Å². The molecule has 3 aliphatic rings. The monoisotopic (exact) mass is 1230 g/mol. The summed E-state index contributed by atoms with van der Waals surface area (Å²) in [5, 5.41) is 26.7. The van der Waals surface area contributed by atoms with Crippen molar-refractivity contribution >= 4 is 59.4 Å². The van der Waals surface area contributed by atoms with Crippen molar-refractivity contribution in [3.63, 3.8) is 0 Å². The number of halogens is 1. The molecule has 9 aromatic rings. The SMILES string of the molecule is COc1cc(B(O)O)ccn1.COc1ccc(C2(C(=O)Nc3ccc(C)c(-c4cc[nH]c(=O)c4)n3)CC2)cc1.COc1ccc(C2(C(=O)Nc3ccc(C)c(-c4ccnc(OC)c4)n3)CC2)cc1.COc1ccc(C2(C(=O)Nc3ccc(C)c(Cl)n3)CC2)cc1. The van der Waals surface area contributed by atoms with E-state index in [2.05, 4.69) is 45.9 Å². The van der Waals surface area contributed by atoms with Crippen LogP contribution in [0.1, 0.15) is 71.9 Å². The van der Waals surface area contributed by atoms with Crippen LogP contribution in [0.3, 0.4) is 0 Å². The second-order valence-corrected chi connectivity index (χ2v) is 22.2. The predicted molar refractivity (Wildman–Crippen MR) is 346 cm³/mol. The van der Waals surface area contributed by atoms with Gasteiger partial charge in [0.15, 0.2) is 0 Å². The normalized spacial score (nSPS) is 13.9. The number of aromatic nitrogens is 6. The minimum Gasteiger partial charge on any atom is -0.497 e. The fourth-order valence-corrected chi connectivity index (χ4v) is 10.2. The van der Waals surface area contributed by atoms with Gasteiger partial charge in [-0.05, 0) is 171 Å². The number of ether oxygens (including phenoxy) is 5. The maximum atomic E-state index is 13.1. The molecule has 0 bridgehead atoms. The van der Waals surface area contributed by atoms with Crippen LogP contribution in [-0.2, 0) is 30.6 Å². The number of nitrogens with one attached hydrogen (secondary N) is 4. The van der Waals surface area contributed by atoms with E-state index in [-0.39, 0.29) is 23.3 Å². The minimum absolute atomic E-state index is 0.0303. The molecule has 0 unspecified atom stereocenters. The molecule has 6 N–H and O–H groups in total. The number of carbonyl (C=O) groups is 3. The molecule has 0 spiro atoms. The number of anilines is 3. The molecule has 3 saturated carbocycles. The van der Waals surface area contributed by atoms with Crippen LogP contribution in [0, 0.1) is 20.8 Å². The first-order chi connectivity index (χ1) is 43.4. The third-order valence-corrected chi connectivity index (χ3v) is 16.4. The van der Waals surface area contributed by atoms with Gasteiger partial charge in [-0.1, -0.05) is 66.2 Å². The fraction of sp³-hybridized carbons (Fsp3) is 0.250. The van der Waals surface area contributed by atoms with Crippen molar-refractivity contribution in [2.24, 2.45) is 0 Å². The molecule has 22 heteroatoms. The highest BCUT2D eigenvalue weighted by Gasteiger charge is 2.53. The van der Waals surface area contributed by atoms with Crippen molar-refractivity contribution in [3.8, 4) is 51.5 Å². The van der Waals surface area contributed by atoms with Crippen LogP contribution in [0.2, 0.25) is 5.15 Å². The lowest BCUT2D eigenvalue weighted by molar-refractivity contribution is -0.119. The molecular weight excluding hydrogens is 1170 g/mol. The standard InChI is InChI=1S/C23H23N3O3.C22H21N3O3.C17H17ClN2O2.C6H8BNO3/c1-15-4-9-19(25-21(15)16-10-13-24-20(14-16)29-3)26-22(27)23(11-12-23)17-5-7-18(28-2)8-6-17;1-14-3-8-18(24-20(14)15-9-12-23-19(26)13-15)25-21(27)22(10-11-22)16-4-6-17(28-2)7-5-16;1-11-3-8-14(19-15(11)18)20-16(21)17(9-10-17)12-4-6-13(22-2)7-5-12;1-11-6-4-5(7(9)10)2-3-8-6/h4-10,13-14H,11-12H2,1-3H3,(H,25,26,27);3-9,12-13H,10-11H2,1-2H3,(H,23,26)(H,24,25,27);3-8H,9-10H2,1-2H3,(H,19,20,21);2-4,9-10H,1H3. The molecule has 6 heterocycles. The average Bonchev–Trinajstić information content (AvgIpc) is 1.62. The molecular formula is C68H69BClN9O11. The number of benzene rings is 3. The van der Waals surface area contributed by atoms with Crippen LogP contribution in [0.15, 0.2) is 169 Å². The number of hydrogen-bond donors (Lipinski definition) is 6. The topological polar surface area (TPSA) is 271 Å². The lowest BCUT2D eigenvalue weighted by atomic mass is 9.81. The first-order valence-corrected chi connectivity index (χ1v) is 29.3. The third kappa shape index (κ3) is 15.3. The van der Waals surface area contributed by atoms with E-state index in [4.69, 9.17) is 45.3 Å². The summed E-state index contributed by atoms with van der Waals surface area (Å²) in [6.07, 6.45) is 9.66. The fourth-order valence-electron chi connectivity index (χ4n) is 10.1. The van der Waals surface area contributed by atoms with Gasteiger partial charge in [0.25, 0.3) is 0 Å². The molecule has 0 saturated heterocycles. The number of carbonyl (C=O) groups excluding carboxylic acids is 3. The van der Waals surface area contributed by atoms with Crippen molar-refractivity contribution in [2.45, 2.75) is 75.5 Å². The van der Waals surface area contributed by atoms with E-state index < -0.39 is 23.4 Å². The maximum Gasteiger partial charge on any atom is 0.488 e. The van der Waals surface area contributed by atoms with Crippen molar-refractivity contribution in [1.82, 2.24) is 29.9 Å². The van der Waals surface area contributed by atoms with E-state index in [9.17, 15) is 19.2 Å². The van der Waals surface area contributed by atoms with Crippen LogP contribution in [0.25, 0.3) is 22.5 Å². The van der Waals surface area contributed by atoms with Gasteiger partial charge in [0.05, 0.1) is 63.2 Å². The smallest absolute Gasteiger partial charge is 0.488 e. The molecule has 12 rings (SSSR count). The van der Waals surface area contributed by atoms with E-state index in [0.29, 0.717) is 51.1 Å². The Morgan fingerprint density at radius 3 is 1.22 bits per heavy atom. The molecule has 20 nitrogen and oxygen atoms in total. The van der Waals surface area contributed by atoms with Crippen LogP contribution < -0.4 is 50.7 Å². The summed E-state index contributed by atoms with van der Waals surface area (Å²) in [6, 6.07) is 44.0. The molecule has 0 radical (unpaired) electrons. The van der Waals surface area contributed by atoms with E-state index in [0.717, 1.165) is 100 Å². The number of hydrogen-bond acceptors (Lipinski definition) is 16. The molecule has 6 aromatic heterocycles. The molecule has 462 valence electrons. The van der Waals surface area contributed by atoms with E-state index in [1.54, 1.807) is 59.0 Å². The van der Waals surface area contributed by atoms with E-state index in [1.807, 2.05) is 130 Å². The number of rotatable bonds is 17. The average molecular weight is 1230 g/mol. The lowest BCUT2D eigenvalue weighted by Crippen LogP contribution is -2.29. The first kappa shape index (κ1) is 64.5. The van der Waals surface area contributed by atoms with Gasteiger partial charge >= 0.3 is 7.12 Å². The summed E-state index contributed by atoms with van der Waals surface area (Å²) in [7, 11) is 6.46. The van der Waals surface area contributed by atoms with Crippen molar-refractivity contribution in [2.75, 3.05) is 51.5 Å². The number of amides is 3. The highest BCUT2D eigenvalue weighted by atomic mass is 35.5. The summed E-state index contributed by atoms with van der Waals surface area (Å²) in [5.41, 5.74) is 7.61. The van der Waals surface area contributed by atoms with Gasteiger partial charge < -0.3 is 54.7 Å². The number of nitrogens with zero attached hydrogens (tertiary/aromatic N) is 5. The van der Waals surface area contributed by atoms with E-state index >= 15 is 0 Å². The number of aromatic amines is 1.